The van der Waals surface area contributed by atoms with Gasteiger partial charge in [-0.15, -0.1) is 0 Å². The van der Waals surface area contributed by atoms with Crippen LogP contribution in [-0.2, 0) is 4.79 Å². The molecule has 0 saturated carbocycles. The van der Waals surface area contributed by atoms with E-state index in [2.05, 4.69) is 0 Å². The van der Waals surface area contributed by atoms with Gasteiger partial charge in [0.15, 0.2) is 0 Å². The number of hydrogen-bond donors (Lipinski definition) is 1. The van der Waals surface area contributed by atoms with Crippen LogP contribution in [-0.4, -0.2) is 17.7 Å². The number of carboxylic acid groups (broad SMARTS) is 1. The normalized spacial score (nSPS) is 11.2. The van der Waals surface area contributed by atoms with Crippen molar-refractivity contribution in [1.29, 1.82) is 0 Å². The molecule has 0 atom stereocenters. The first-order chi connectivity index (χ1) is 10.1. The predicted molar refractivity (Wildman–Crippen MR) is 84.3 cm³/mol. The Kier molecular flexibility index (Phi) is 4.77. The van der Waals surface area contributed by atoms with Crippen LogP contribution < -0.4 is 4.74 Å². The van der Waals surface area contributed by atoms with Crippen molar-refractivity contribution in [3.63, 3.8) is 0 Å². The summed E-state index contributed by atoms with van der Waals surface area (Å²) >= 11 is 0. The second-order valence-corrected chi connectivity index (χ2v) is 4.70. The number of carboxylic acids is 1. The van der Waals surface area contributed by atoms with Gasteiger partial charge in [-0.25, -0.2) is 4.79 Å². The molecule has 0 heterocycles. The Bertz CT molecular complexity index is 654. The zero-order valence-corrected chi connectivity index (χ0v) is 12.2. The van der Waals surface area contributed by atoms with E-state index in [4.69, 9.17) is 4.74 Å². The molecule has 0 radical (unpaired) electrons. The lowest BCUT2D eigenvalue weighted by molar-refractivity contribution is -0.130. The Hall–Kier alpha value is -2.55. The topological polar surface area (TPSA) is 46.5 Å². The number of benzene rings is 2. The highest BCUT2D eigenvalue weighted by molar-refractivity contribution is 6.20. The third kappa shape index (κ3) is 3.72. The molecule has 2 aromatic rings. The van der Waals surface area contributed by atoms with E-state index < -0.39 is 5.97 Å². The van der Waals surface area contributed by atoms with Gasteiger partial charge in [0.2, 0.25) is 0 Å². The van der Waals surface area contributed by atoms with E-state index >= 15 is 0 Å². The Morgan fingerprint density at radius 1 is 1.14 bits per heavy atom. The zero-order valence-electron chi connectivity index (χ0n) is 12.2. The largest absolute Gasteiger partial charge is 0.493 e. The van der Waals surface area contributed by atoms with Crippen molar-refractivity contribution in [2.45, 2.75) is 13.8 Å². The summed E-state index contributed by atoms with van der Waals surface area (Å²) in [5, 5.41) is 9.47. The quantitative estimate of drug-likeness (QED) is 0.665. The van der Waals surface area contributed by atoms with Crippen LogP contribution in [0.3, 0.4) is 0 Å². The number of rotatable bonds is 5. The lowest BCUT2D eigenvalue weighted by atomic mass is 10.0. The molecule has 0 spiro atoms. The highest BCUT2D eigenvalue weighted by Gasteiger charge is 2.11. The molecule has 3 nitrogen and oxygen atoms in total. The summed E-state index contributed by atoms with van der Waals surface area (Å²) in [5.74, 6) is -0.268. The van der Waals surface area contributed by atoms with Crippen molar-refractivity contribution < 1.29 is 14.6 Å². The van der Waals surface area contributed by atoms with E-state index in [1.165, 1.54) is 0 Å². The Labute approximate surface area is 124 Å². The van der Waals surface area contributed by atoms with Crippen LogP contribution in [0.25, 0.3) is 11.6 Å². The van der Waals surface area contributed by atoms with Crippen LogP contribution in [0, 0.1) is 6.92 Å². The molecule has 108 valence electrons. The van der Waals surface area contributed by atoms with Gasteiger partial charge in [0, 0.05) is 5.56 Å². The molecule has 0 aliphatic heterocycles. The van der Waals surface area contributed by atoms with Gasteiger partial charge >= 0.3 is 5.97 Å². The number of hydrogen-bond acceptors (Lipinski definition) is 2. The van der Waals surface area contributed by atoms with Crippen LogP contribution in [0.1, 0.15) is 23.6 Å². The van der Waals surface area contributed by atoms with Gasteiger partial charge in [0.1, 0.15) is 5.75 Å². The number of para-hydroxylation sites is 1. The SMILES string of the molecule is CCOc1ccccc1/C=C(\C(=O)O)c1ccc(C)cc1. The van der Waals surface area contributed by atoms with Crippen molar-refractivity contribution >= 4 is 17.6 Å². The lowest BCUT2D eigenvalue weighted by Gasteiger charge is -2.08. The standard InChI is InChI=1S/C18H18O3/c1-3-21-17-7-5-4-6-15(17)12-16(18(19)20)14-10-8-13(2)9-11-14/h4-12H,3H2,1-2H3,(H,19,20)/b16-12-. The van der Waals surface area contributed by atoms with Crippen LogP contribution in [0.5, 0.6) is 5.75 Å². The van der Waals surface area contributed by atoms with Gasteiger partial charge in [0.25, 0.3) is 0 Å². The number of aryl methyl sites for hydroxylation is 1. The van der Waals surface area contributed by atoms with Gasteiger partial charge in [0.05, 0.1) is 12.2 Å². The van der Waals surface area contributed by atoms with E-state index in [1.807, 2.05) is 62.4 Å². The summed E-state index contributed by atoms with van der Waals surface area (Å²) < 4.78 is 5.54. The summed E-state index contributed by atoms with van der Waals surface area (Å²) in [7, 11) is 0. The Balaban J connectivity index is 2.47. The van der Waals surface area contributed by atoms with Crippen LogP contribution >= 0.6 is 0 Å². The predicted octanol–water partition coefficient (Wildman–Crippen LogP) is 4.02. The fraction of sp³-hybridized carbons (Fsp3) is 0.167. The molecule has 0 amide bonds. The third-order valence-corrected chi connectivity index (χ3v) is 3.11. The monoisotopic (exact) mass is 282 g/mol. The summed E-state index contributed by atoms with van der Waals surface area (Å²) in [6, 6.07) is 14.9. The van der Waals surface area contributed by atoms with E-state index in [9.17, 15) is 9.90 Å². The second-order valence-electron chi connectivity index (χ2n) is 4.70. The Morgan fingerprint density at radius 3 is 2.43 bits per heavy atom. The van der Waals surface area contributed by atoms with Crippen molar-refractivity contribution in [2.75, 3.05) is 6.61 Å². The van der Waals surface area contributed by atoms with Gasteiger partial charge in [-0.2, -0.15) is 0 Å². The molecule has 0 bridgehead atoms. The molecule has 1 N–H and O–H groups in total. The highest BCUT2D eigenvalue weighted by atomic mass is 16.5. The van der Waals surface area contributed by atoms with Crippen molar-refractivity contribution in [3.8, 4) is 5.75 Å². The molecule has 0 saturated heterocycles. The van der Waals surface area contributed by atoms with Crippen molar-refractivity contribution in [1.82, 2.24) is 0 Å². The summed E-state index contributed by atoms with van der Waals surface area (Å²) in [6.07, 6.45) is 1.65. The first-order valence-electron chi connectivity index (χ1n) is 6.85. The highest BCUT2D eigenvalue weighted by Crippen LogP contribution is 2.25. The number of aliphatic carboxylic acids is 1. The third-order valence-electron chi connectivity index (χ3n) is 3.11. The maximum Gasteiger partial charge on any atom is 0.336 e. The molecular weight excluding hydrogens is 264 g/mol. The summed E-state index contributed by atoms with van der Waals surface area (Å²) in [6.45, 7) is 4.41. The maximum absolute atomic E-state index is 11.5. The van der Waals surface area contributed by atoms with Crippen molar-refractivity contribution in [3.05, 3.63) is 65.2 Å². The van der Waals surface area contributed by atoms with Crippen LogP contribution in [0.15, 0.2) is 48.5 Å². The minimum Gasteiger partial charge on any atom is -0.493 e. The second kappa shape index (κ2) is 6.75. The van der Waals surface area contributed by atoms with Crippen LogP contribution in [0.4, 0.5) is 0 Å². The minimum atomic E-state index is -0.954. The van der Waals surface area contributed by atoms with E-state index in [0.717, 1.165) is 11.1 Å². The summed E-state index contributed by atoms with van der Waals surface area (Å²) in [5.41, 5.74) is 2.79. The smallest absolute Gasteiger partial charge is 0.336 e. The summed E-state index contributed by atoms with van der Waals surface area (Å²) in [4.78, 5) is 11.5. The van der Waals surface area contributed by atoms with E-state index in [1.54, 1.807) is 6.08 Å². The fourth-order valence-corrected chi connectivity index (χ4v) is 2.04. The molecule has 3 heteroatoms. The zero-order chi connectivity index (χ0) is 15.2. The molecule has 0 aromatic heterocycles. The molecule has 0 unspecified atom stereocenters. The average Bonchev–Trinajstić information content (AvgIpc) is 2.47. The van der Waals surface area contributed by atoms with Crippen molar-refractivity contribution in [2.24, 2.45) is 0 Å². The molecule has 21 heavy (non-hydrogen) atoms. The first kappa shape index (κ1) is 14.9. The maximum atomic E-state index is 11.5. The van der Waals surface area contributed by atoms with Gasteiger partial charge in [-0.3, -0.25) is 0 Å². The Morgan fingerprint density at radius 2 is 1.81 bits per heavy atom. The minimum absolute atomic E-state index is 0.252. The van der Waals surface area contributed by atoms with Gasteiger partial charge < -0.3 is 9.84 Å². The van der Waals surface area contributed by atoms with Crippen LogP contribution in [0.2, 0.25) is 0 Å². The number of carbonyl (C=O) groups is 1. The van der Waals surface area contributed by atoms with E-state index in [0.29, 0.717) is 17.9 Å². The average molecular weight is 282 g/mol. The van der Waals surface area contributed by atoms with Gasteiger partial charge in [-0.05, 0) is 31.6 Å². The molecular formula is C18H18O3. The molecule has 2 rings (SSSR count). The molecule has 0 aliphatic carbocycles. The first-order valence-corrected chi connectivity index (χ1v) is 6.85. The fourth-order valence-electron chi connectivity index (χ4n) is 2.04. The van der Waals surface area contributed by atoms with E-state index in [-0.39, 0.29) is 5.57 Å². The molecule has 0 fully saturated rings. The van der Waals surface area contributed by atoms with Gasteiger partial charge in [-0.1, -0.05) is 48.0 Å². The number of ether oxygens (including phenoxy) is 1. The molecule has 2 aromatic carbocycles. The molecule has 0 aliphatic rings. The lowest BCUT2D eigenvalue weighted by Crippen LogP contribution is -2.00.